The highest BCUT2D eigenvalue weighted by Gasteiger charge is 2.34. The van der Waals surface area contributed by atoms with Crippen molar-refractivity contribution in [2.75, 3.05) is 45.3 Å². The summed E-state index contributed by atoms with van der Waals surface area (Å²) >= 11 is 0. The fourth-order valence-corrected chi connectivity index (χ4v) is 3.63. The maximum absolute atomic E-state index is 5.12. The number of fused-ring (bicyclic) bond motifs is 2. The normalized spacial score (nSPS) is 25.2. The molecule has 22 heavy (non-hydrogen) atoms. The largest absolute Gasteiger partial charge is 0.383 e. The van der Waals surface area contributed by atoms with Crippen molar-refractivity contribution in [2.24, 2.45) is 0 Å². The topological polar surface area (TPSA) is 40.6 Å². The Balaban J connectivity index is 1.61. The standard InChI is InChI=1S/C17H28N4O/c1-20(9-10-22-2)17-6-3-14(11-19-17)13-21-15-4-5-16(21)12-18-8-7-15/h3,6,11,15-16,18H,4-5,7-10,12-13H2,1-2H3. The second kappa shape index (κ2) is 7.40. The lowest BCUT2D eigenvalue weighted by Crippen LogP contribution is -2.37. The van der Waals surface area contributed by atoms with Gasteiger partial charge >= 0.3 is 0 Å². The molecule has 0 aromatic carbocycles. The Kier molecular flexibility index (Phi) is 5.28. The maximum Gasteiger partial charge on any atom is 0.128 e. The smallest absolute Gasteiger partial charge is 0.128 e. The molecule has 122 valence electrons. The summed E-state index contributed by atoms with van der Waals surface area (Å²) in [5.41, 5.74) is 1.32. The van der Waals surface area contributed by atoms with Gasteiger partial charge in [0.15, 0.2) is 0 Å². The summed E-state index contributed by atoms with van der Waals surface area (Å²) < 4.78 is 5.12. The van der Waals surface area contributed by atoms with Crippen molar-refractivity contribution < 1.29 is 4.74 Å². The first kappa shape index (κ1) is 15.7. The number of anilines is 1. The van der Waals surface area contributed by atoms with Crippen LogP contribution in [0, 0.1) is 0 Å². The first-order chi connectivity index (χ1) is 10.8. The molecule has 0 radical (unpaired) electrons. The Bertz CT molecular complexity index is 450. The third kappa shape index (κ3) is 3.59. The zero-order valence-electron chi connectivity index (χ0n) is 13.8. The Hall–Kier alpha value is -1.17. The summed E-state index contributed by atoms with van der Waals surface area (Å²) in [6, 6.07) is 5.81. The predicted octanol–water partition coefficient (Wildman–Crippen LogP) is 1.49. The summed E-state index contributed by atoms with van der Waals surface area (Å²) in [7, 11) is 3.79. The van der Waals surface area contributed by atoms with Crippen LogP contribution in [0.5, 0.6) is 0 Å². The Morgan fingerprint density at radius 1 is 1.32 bits per heavy atom. The number of aromatic nitrogens is 1. The molecule has 5 nitrogen and oxygen atoms in total. The number of ether oxygens (including phenoxy) is 1. The molecular formula is C17H28N4O. The lowest BCUT2D eigenvalue weighted by Gasteiger charge is -2.27. The highest BCUT2D eigenvalue weighted by atomic mass is 16.5. The minimum atomic E-state index is 0.705. The van der Waals surface area contributed by atoms with Crippen LogP contribution >= 0.6 is 0 Å². The van der Waals surface area contributed by atoms with Crippen LogP contribution in [0.15, 0.2) is 18.3 Å². The lowest BCUT2D eigenvalue weighted by atomic mass is 10.1. The molecule has 0 spiro atoms. The van der Waals surface area contributed by atoms with Crippen LogP contribution in [-0.4, -0.2) is 62.4 Å². The summed E-state index contributed by atoms with van der Waals surface area (Å²) in [4.78, 5) is 9.44. The van der Waals surface area contributed by atoms with Crippen molar-refractivity contribution in [2.45, 2.75) is 37.9 Å². The molecular weight excluding hydrogens is 276 g/mol. The van der Waals surface area contributed by atoms with E-state index < -0.39 is 0 Å². The first-order valence-electron chi connectivity index (χ1n) is 8.39. The number of nitrogens with one attached hydrogen (secondary N) is 1. The van der Waals surface area contributed by atoms with Crippen molar-refractivity contribution >= 4 is 5.82 Å². The third-order valence-electron chi connectivity index (χ3n) is 5.00. The van der Waals surface area contributed by atoms with E-state index >= 15 is 0 Å². The van der Waals surface area contributed by atoms with Crippen molar-refractivity contribution in [3.05, 3.63) is 23.9 Å². The molecule has 1 N–H and O–H groups in total. The molecule has 2 aliphatic heterocycles. The van der Waals surface area contributed by atoms with Gasteiger partial charge < -0.3 is 15.0 Å². The van der Waals surface area contributed by atoms with E-state index in [1.807, 2.05) is 6.20 Å². The van der Waals surface area contributed by atoms with E-state index in [0.29, 0.717) is 6.04 Å². The molecule has 0 amide bonds. The van der Waals surface area contributed by atoms with E-state index in [0.717, 1.165) is 38.1 Å². The molecule has 2 atom stereocenters. The Morgan fingerprint density at radius 3 is 2.95 bits per heavy atom. The number of rotatable bonds is 6. The lowest BCUT2D eigenvalue weighted by molar-refractivity contribution is 0.193. The van der Waals surface area contributed by atoms with Crippen molar-refractivity contribution in [1.82, 2.24) is 15.2 Å². The van der Waals surface area contributed by atoms with Crippen LogP contribution in [0.1, 0.15) is 24.8 Å². The first-order valence-corrected chi connectivity index (χ1v) is 8.39. The molecule has 5 heteroatoms. The molecule has 2 bridgehead atoms. The fraction of sp³-hybridized carbons (Fsp3) is 0.706. The van der Waals surface area contributed by atoms with Gasteiger partial charge in [0.1, 0.15) is 5.82 Å². The zero-order chi connectivity index (χ0) is 15.4. The van der Waals surface area contributed by atoms with E-state index in [9.17, 15) is 0 Å². The van der Waals surface area contributed by atoms with Gasteiger partial charge in [-0.1, -0.05) is 6.07 Å². The number of hydrogen-bond acceptors (Lipinski definition) is 5. The van der Waals surface area contributed by atoms with Crippen LogP contribution in [0.4, 0.5) is 5.82 Å². The SMILES string of the molecule is COCCN(C)c1ccc(CN2C3CCNCC2CC3)cn1. The van der Waals surface area contributed by atoms with Crippen LogP contribution in [0.25, 0.3) is 0 Å². The van der Waals surface area contributed by atoms with Gasteiger partial charge in [0, 0.05) is 52.1 Å². The van der Waals surface area contributed by atoms with Gasteiger partial charge in [-0.15, -0.1) is 0 Å². The van der Waals surface area contributed by atoms with E-state index in [4.69, 9.17) is 4.74 Å². The van der Waals surface area contributed by atoms with Crippen LogP contribution < -0.4 is 10.2 Å². The van der Waals surface area contributed by atoms with Gasteiger partial charge in [-0.25, -0.2) is 4.98 Å². The number of methoxy groups -OCH3 is 1. The summed E-state index contributed by atoms with van der Waals surface area (Å²) in [6.07, 6.45) is 6.01. The van der Waals surface area contributed by atoms with E-state index in [1.54, 1.807) is 7.11 Å². The Labute approximate surface area is 133 Å². The number of pyridine rings is 1. The monoisotopic (exact) mass is 304 g/mol. The quantitative estimate of drug-likeness (QED) is 0.862. The second-order valence-corrected chi connectivity index (χ2v) is 6.49. The molecule has 2 aliphatic rings. The number of likely N-dealkylation sites (N-methyl/N-ethyl adjacent to an activating group) is 1. The maximum atomic E-state index is 5.12. The molecule has 3 heterocycles. The molecule has 2 unspecified atom stereocenters. The second-order valence-electron chi connectivity index (χ2n) is 6.49. The van der Waals surface area contributed by atoms with Gasteiger partial charge in [-0.2, -0.15) is 0 Å². The average Bonchev–Trinajstić information content (AvgIpc) is 2.78. The van der Waals surface area contributed by atoms with E-state index in [-0.39, 0.29) is 0 Å². The molecule has 1 aromatic rings. The van der Waals surface area contributed by atoms with Crippen LogP contribution in [0.2, 0.25) is 0 Å². The predicted molar refractivity (Wildman–Crippen MR) is 89.2 cm³/mol. The van der Waals surface area contributed by atoms with E-state index in [2.05, 4.69) is 39.3 Å². The highest BCUT2D eigenvalue weighted by molar-refractivity contribution is 5.38. The summed E-state index contributed by atoms with van der Waals surface area (Å²) in [6.45, 7) is 4.93. The van der Waals surface area contributed by atoms with Gasteiger partial charge in [0.05, 0.1) is 6.61 Å². The zero-order valence-corrected chi connectivity index (χ0v) is 13.8. The highest BCUT2D eigenvalue weighted by Crippen LogP contribution is 2.29. The van der Waals surface area contributed by atoms with Crippen molar-refractivity contribution in [1.29, 1.82) is 0 Å². The van der Waals surface area contributed by atoms with Crippen molar-refractivity contribution in [3.63, 3.8) is 0 Å². The summed E-state index contributed by atoms with van der Waals surface area (Å²) in [5, 5.41) is 3.56. The van der Waals surface area contributed by atoms with Gasteiger partial charge in [-0.05, 0) is 37.4 Å². The average molecular weight is 304 g/mol. The number of hydrogen-bond donors (Lipinski definition) is 1. The Morgan fingerprint density at radius 2 is 2.18 bits per heavy atom. The fourth-order valence-electron chi connectivity index (χ4n) is 3.63. The van der Waals surface area contributed by atoms with Crippen LogP contribution in [-0.2, 0) is 11.3 Å². The van der Waals surface area contributed by atoms with E-state index in [1.165, 1.54) is 31.4 Å². The summed E-state index contributed by atoms with van der Waals surface area (Å²) in [5.74, 6) is 1.02. The number of nitrogens with zero attached hydrogens (tertiary/aromatic N) is 3. The molecule has 0 saturated carbocycles. The van der Waals surface area contributed by atoms with Gasteiger partial charge in [0.25, 0.3) is 0 Å². The minimum absolute atomic E-state index is 0.705. The van der Waals surface area contributed by atoms with Crippen molar-refractivity contribution in [3.8, 4) is 0 Å². The minimum Gasteiger partial charge on any atom is -0.383 e. The molecule has 2 saturated heterocycles. The van der Waals surface area contributed by atoms with Gasteiger partial charge in [-0.3, -0.25) is 4.90 Å². The molecule has 2 fully saturated rings. The molecule has 3 rings (SSSR count). The van der Waals surface area contributed by atoms with Gasteiger partial charge in [0.2, 0.25) is 0 Å². The molecule has 1 aromatic heterocycles. The third-order valence-corrected chi connectivity index (χ3v) is 5.00. The van der Waals surface area contributed by atoms with Crippen LogP contribution in [0.3, 0.4) is 0 Å². The molecule has 0 aliphatic carbocycles.